The van der Waals surface area contributed by atoms with Gasteiger partial charge in [-0.25, -0.2) is 4.39 Å². The molecular formula is C21H24FN3. The summed E-state index contributed by atoms with van der Waals surface area (Å²) in [6.45, 7) is 7.47. The van der Waals surface area contributed by atoms with Crippen LogP contribution in [0.2, 0.25) is 0 Å². The predicted molar refractivity (Wildman–Crippen MR) is 101 cm³/mol. The smallest absolute Gasteiger partial charge is 0.132 e. The number of aromatic nitrogens is 1. The third kappa shape index (κ3) is 3.20. The number of fused-ring (bicyclic) bond motifs is 1. The van der Waals surface area contributed by atoms with Gasteiger partial charge in [-0.15, -0.1) is 0 Å². The minimum atomic E-state index is -0.159. The van der Waals surface area contributed by atoms with Gasteiger partial charge in [0, 0.05) is 50.0 Å². The fourth-order valence-corrected chi connectivity index (χ4v) is 3.68. The lowest BCUT2D eigenvalue weighted by molar-refractivity contribution is 0.148. The fraction of sp³-hybridized carbons (Fsp3) is 0.333. The minimum Gasteiger partial charge on any atom is -0.316 e. The molecule has 0 atom stereocenters. The summed E-state index contributed by atoms with van der Waals surface area (Å²) < 4.78 is 16.2. The SMILES string of the molecule is Cc1ccc(F)c2ccn(-c3cccc(CN4CCN(C)CC4)c3)c12. The van der Waals surface area contributed by atoms with Crippen LogP contribution in [-0.2, 0) is 6.54 Å². The average molecular weight is 337 g/mol. The molecule has 2 heterocycles. The van der Waals surface area contributed by atoms with Gasteiger partial charge < -0.3 is 9.47 Å². The molecule has 1 aromatic heterocycles. The molecule has 0 unspecified atom stereocenters. The number of nitrogens with zero attached hydrogens (tertiary/aromatic N) is 3. The lowest BCUT2D eigenvalue weighted by atomic mass is 10.1. The standard InChI is InChI=1S/C21H24FN3/c1-16-6-7-20(22)19-8-9-25(21(16)19)18-5-3-4-17(14-18)15-24-12-10-23(2)11-13-24/h3-9,14H,10-13,15H2,1-2H3. The van der Waals surface area contributed by atoms with Gasteiger partial charge in [0.2, 0.25) is 0 Å². The Morgan fingerprint density at radius 2 is 1.80 bits per heavy atom. The molecule has 0 spiro atoms. The zero-order chi connectivity index (χ0) is 17.4. The summed E-state index contributed by atoms with van der Waals surface area (Å²) in [4.78, 5) is 4.87. The average Bonchev–Trinajstić information content (AvgIpc) is 3.07. The molecule has 1 saturated heterocycles. The number of piperazine rings is 1. The summed E-state index contributed by atoms with van der Waals surface area (Å²) in [5.74, 6) is -0.159. The maximum Gasteiger partial charge on any atom is 0.132 e. The van der Waals surface area contributed by atoms with Crippen molar-refractivity contribution >= 4 is 10.9 Å². The van der Waals surface area contributed by atoms with E-state index in [1.54, 1.807) is 6.07 Å². The van der Waals surface area contributed by atoms with Crippen molar-refractivity contribution in [2.75, 3.05) is 33.2 Å². The highest BCUT2D eigenvalue weighted by Crippen LogP contribution is 2.26. The van der Waals surface area contributed by atoms with E-state index in [0.717, 1.165) is 49.5 Å². The van der Waals surface area contributed by atoms with Gasteiger partial charge in [-0.2, -0.15) is 0 Å². The minimum absolute atomic E-state index is 0.159. The normalized spacial score (nSPS) is 16.6. The van der Waals surface area contributed by atoms with E-state index in [2.05, 4.69) is 45.7 Å². The highest BCUT2D eigenvalue weighted by atomic mass is 19.1. The van der Waals surface area contributed by atoms with Crippen LogP contribution in [-0.4, -0.2) is 47.6 Å². The van der Waals surface area contributed by atoms with Crippen LogP contribution < -0.4 is 0 Å². The van der Waals surface area contributed by atoms with Crippen LogP contribution in [0.15, 0.2) is 48.7 Å². The molecule has 0 amide bonds. The maximum absolute atomic E-state index is 14.1. The highest BCUT2D eigenvalue weighted by molar-refractivity contribution is 5.85. The van der Waals surface area contributed by atoms with E-state index < -0.39 is 0 Å². The molecule has 4 heteroatoms. The second-order valence-corrected chi connectivity index (χ2v) is 7.06. The van der Waals surface area contributed by atoms with Crippen LogP contribution in [0.4, 0.5) is 4.39 Å². The Labute approximate surface area is 148 Å². The van der Waals surface area contributed by atoms with E-state index >= 15 is 0 Å². The van der Waals surface area contributed by atoms with Crippen molar-refractivity contribution in [1.29, 1.82) is 0 Å². The lowest BCUT2D eigenvalue weighted by Crippen LogP contribution is -2.43. The molecule has 1 fully saturated rings. The van der Waals surface area contributed by atoms with Crippen LogP contribution in [0.5, 0.6) is 0 Å². The van der Waals surface area contributed by atoms with Crippen molar-refractivity contribution in [1.82, 2.24) is 14.4 Å². The monoisotopic (exact) mass is 337 g/mol. The molecule has 3 nitrogen and oxygen atoms in total. The second-order valence-electron chi connectivity index (χ2n) is 7.06. The van der Waals surface area contributed by atoms with E-state index in [1.165, 1.54) is 5.56 Å². The van der Waals surface area contributed by atoms with Crippen molar-refractivity contribution < 1.29 is 4.39 Å². The number of halogens is 1. The number of hydrogen-bond donors (Lipinski definition) is 0. The zero-order valence-electron chi connectivity index (χ0n) is 14.9. The van der Waals surface area contributed by atoms with Gasteiger partial charge in [0.25, 0.3) is 0 Å². The summed E-state index contributed by atoms with van der Waals surface area (Å²) in [5, 5.41) is 0.685. The van der Waals surface area contributed by atoms with Gasteiger partial charge in [0.05, 0.1) is 5.52 Å². The number of hydrogen-bond acceptors (Lipinski definition) is 2. The van der Waals surface area contributed by atoms with Crippen molar-refractivity contribution in [3.8, 4) is 5.69 Å². The molecule has 25 heavy (non-hydrogen) atoms. The first-order valence-corrected chi connectivity index (χ1v) is 8.88. The first kappa shape index (κ1) is 16.3. The first-order chi connectivity index (χ1) is 12.1. The van der Waals surface area contributed by atoms with E-state index in [9.17, 15) is 4.39 Å². The van der Waals surface area contributed by atoms with Gasteiger partial charge in [0.15, 0.2) is 0 Å². The van der Waals surface area contributed by atoms with Gasteiger partial charge in [-0.05, 0) is 49.4 Å². The second kappa shape index (κ2) is 6.62. The van der Waals surface area contributed by atoms with Gasteiger partial charge in [-0.3, -0.25) is 4.90 Å². The Morgan fingerprint density at radius 1 is 1.00 bits per heavy atom. The summed E-state index contributed by atoms with van der Waals surface area (Å²) in [7, 11) is 2.18. The van der Waals surface area contributed by atoms with Crippen LogP contribution in [0.1, 0.15) is 11.1 Å². The summed E-state index contributed by atoms with van der Waals surface area (Å²) in [6, 6.07) is 13.9. The van der Waals surface area contributed by atoms with Crippen LogP contribution in [0.3, 0.4) is 0 Å². The third-order valence-corrected chi connectivity index (χ3v) is 5.19. The number of rotatable bonds is 3. The summed E-state index contributed by atoms with van der Waals surface area (Å²) >= 11 is 0. The van der Waals surface area contributed by atoms with E-state index in [1.807, 2.05) is 25.3 Å². The van der Waals surface area contributed by atoms with Gasteiger partial charge >= 0.3 is 0 Å². The van der Waals surface area contributed by atoms with Gasteiger partial charge in [0.1, 0.15) is 5.82 Å². The van der Waals surface area contributed by atoms with Crippen LogP contribution >= 0.6 is 0 Å². The van der Waals surface area contributed by atoms with Crippen molar-refractivity contribution in [3.05, 3.63) is 65.6 Å². The molecule has 4 rings (SSSR count). The van der Waals surface area contributed by atoms with Crippen LogP contribution in [0.25, 0.3) is 16.6 Å². The number of aryl methyl sites for hydroxylation is 1. The van der Waals surface area contributed by atoms with Gasteiger partial charge in [-0.1, -0.05) is 18.2 Å². The molecule has 0 saturated carbocycles. The molecule has 0 bridgehead atoms. The molecule has 2 aromatic carbocycles. The zero-order valence-corrected chi connectivity index (χ0v) is 14.9. The Bertz CT molecular complexity index is 891. The molecule has 130 valence electrons. The molecule has 1 aliphatic rings. The number of likely N-dealkylation sites (N-methyl/N-ethyl adjacent to an activating group) is 1. The van der Waals surface area contributed by atoms with E-state index in [-0.39, 0.29) is 5.82 Å². The predicted octanol–water partition coefficient (Wildman–Crippen LogP) is 3.83. The van der Waals surface area contributed by atoms with Crippen molar-refractivity contribution in [2.24, 2.45) is 0 Å². The largest absolute Gasteiger partial charge is 0.316 e. The molecule has 3 aromatic rings. The Hall–Kier alpha value is -2.17. The Balaban J connectivity index is 1.65. The summed E-state index contributed by atoms with van der Waals surface area (Å²) in [5.41, 5.74) is 4.44. The lowest BCUT2D eigenvalue weighted by Gasteiger charge is -2.32. The number of benzene rings is 2. The third-order valence-electron chi connectivity index (χ3n) is 5.19. The fourth-order valence-electron chi connectivity index (χ4n) is 3.68. The molecule has 0 N–H and O–H groups in total. The molecule has 0 aliphatic carbocycles. The quantitative estimate of drug-likeness (QED) is 0.720. The van der Waals surface area contributed by atoms with E-state index in [0.29, 0.717) is 5.39 Å². The van der Waals surface area contributed by atoms with Crippen molar-refractivity contribution in [3.63, 3.8) is 0 Å². The first-order valence-electron chi connectivity index (χ1n) is 8.88. The molecule has 1 aliphatic heterocycles. The topological polar surface area (TPSA) is 11.4 Å². The van der Waals surface area contributed by atoms with Crippen LogP contribution in [0, 0.1) is 12.7 Å². The highest BCUT2D eigenvalue weighted by Gasteiger charge is 2.15. The summed E-state index contributed by atoms with van der Waals surface area (Å²) in [6.07, 6.45) is 1.97. The molecule has 0 radical (unpaired) electrons. The van der Waals surface area contributed by atoms with E-state index in [4.69, 9.17) is 0 Å². The Kier molecular flexibility index (Phi) is 4.32. The Morgan fingerprint density at radius 3 is 2.60 bits per heavy atom. The van der Waals surface area contributed by atoms with Crippen molar-refractivity contribution in [2.45, 2.75) is 13.5 Å². The maximum atomic E-state index is 14.1. The molecular weight excluding hydrogens is 313 g/mol.